The number of urea groups is 1. The fourth-order valence-corrected chi connectivity index (χ4v) is 3.03. The Morgan fingerprint density at radius 3 is 2.62 bits per heavy atom. The van der Waals surface area contributed by atoms with E-state index in [1.54, 1.807) is 26.2 Å². The minimum atomic E-state index is -0.529. The van der Waals surface area contributed by atoms with Crippen molar-refractivity contribution >= 4 is 17.6 Å². The van der Waals surface area contributed by atoms with Crippen LogP contribution in [0.15, 0.2) is 59.8 Å². The molecule has 2 aromatic rings. The number of carbonyl (C=O) groups is 2. The second-order valence-corrected chi connectivity index (χ2v) is 6.14. The number of anilines is 1. The zero-order valence-electron chi connectivity index (χ0n) is 14.9. The highest BCUT2D eigenvalue weighted by Crippen LogP contribution is 2.30. The van der Waals surface area contributed by atoms with Gasteiger partial charge in [0, 0.05) is 5.70 Å². The third kappa shape index (κ3) is 3.54. The molecule has 134 valence electrons. The number of aryl methyl sites for hydroxylation is 1. The Morgan fingerprint density at radius 2 is 1.88 bits per heavy atom. The highest BCUT2D eigenvalue weighted by atomic mass is 16.5. The van der Waals surface area contributed by atoms with E-state index < -0.39 is 6.04 Å². The first kappa shape index (κ1) is 17.5. The molecule has 0 bridgehead atoms. The Kier molecular flexibility index (Phi) is 4.93. The van der Waals surface area contributed by atoms with Crippen LogP contribution >= 0.6 is 0 Å². The molecular weight excluding hydrogens is 330 g/mol. The van der Waals surface area contributed by atoms with Gasteiger partial charge in [-0.25, -0.2) is 4.79 Å². The molecule has 0 saturated carbocycles. The Morgan fingerprint density at radius 1 is 1.12 bits per heavy atom. The van der Waals surface area contributed by atoms with Crippen LogP contribution in [0, 0.1) is 6.92 Å². The largest absolute Gasteiger partial charge is 0.495 e. The molecule has 0 aromatic heterocycles. The van der Waals surface area contributed by atoms with Gasteiger partial charge in [0.1, 0.15) is 5.75 Å². The van der Waals surface area contributed by atoms with Crippen molar-refractivity contribution in [3.63, 3.8) is 0 Å². The number of hydrogen-bond acceptors (Lipinski definition) is 3. The third-order valence-electron chi connectivity index (χ3n) is 4.24. The van der Waals surface area contributed by atoms with Gasteiger partial charge in [-0.3, -0.25) is 4.79 Å². The van der Waals surface area contributed by atoms with Crippen molar-refractivity contribution in [1.29, 1.82) is 0 Å². The number of methoxy groups -OCH3 is 1. The average Bonchev–Trinajstić information content (AvgIpc) is 2.61. The Bertz CT molecular complexity index is 889. The number of allylic oxidation sites excluding steroid dienone is 1. The summed E-state index contributed by atoms with van der Waals surface area (Å²) in [5, 5.41) is 8.39. The van der Waals surface area contributed by atoms with Crippen LogP contribution in [0.3, 0.4) is 0 Å². The number of nitrogens with one attached hydrogen (secondary N) is 3. The van der Waals surface area contributed by atoms with E-state index in [4.69, 9.17) is 4.74 Å². The van der Waals surface area contributed by atoms with Crippen molar-refractivity contribution < 1.29 is 14.3 Å². The quantitative estimate of drug-likeness (QED) is 0.791. The van der Waals surface area contributed by atoms with Crippen molar-refractivity contribution in [1.82, 2.24) is 10.6 Å². The summed E-state index contributed by atoms with van der Waals surface area (Å²) in [4.78, 5) is 25.0. The molecular formula is C20H21N3O3. The molecule has 1 atom stereocenters. The summed E-state index contributed by atoms with van der Waals surface area (Å²) in [6.07, 6.45) is 0. The van der Waals surface area contributed by atoms with E-state index in [1.165, 1.54) is 0 Å². The topological polar surface area (TPSA) is 79.5 Å². The monoisotopic (exact) mass is 351 g/mol. The first-order valence-corrected chi connectivity index (χ1v) is 8.29. The SMILES string of the molecule is COc1ccccc1NC(=O)C1=C(C)NC(=O)NC1c1cccc(C)c1. The molecule has 1 unspecified atom stereocenters. The van der Waals surface area contributed by atoms with Gasteiger partial charge >= 0.3 is 6.03 Å². The van der Waals surface area contributed by atoms with Gasteiger partial charge in [-0.1, -0.05) is 42.0 Å². The van der Waals surface area contributed by atoms with Gasteiger partial charge in [0.25, 0.3) is 5.91 Å². The zero-order chi connectivity index (χ0) is 18.7. The lowest BCUT2D eigenvalue weighted by Gasteiger charge is -2.29. The highest BCUT2D eigenvalue weighted by molar-refractivity contribution is 6.07. The van der Waals surface area contributed by atoms with Crippen LogP contribution in [0.25, 0.3) is 0 Å². The van der Waals surface area contributed by atoms with E-state index in [0.29, 0.717) is 22.7 Å². The van der Waals surface area contributed by atoms with Crippen LogP contribution in [0.2, 0.25) is 0 Å². The van der Waals surface area contributed by atoms with Gasteiger partial charge in [-0.05, 0) is 31.5 Å². The summed E-state index contributed by atoms with van der Waals surface area (Å²) in [6, 6.07) is 14.1. The fraction of sp³-hybridized carbons (Fsp3) is 0.200. The van der Waals surface area contributed by atoms with Gasteiger partial charge in [0.15, 0.2) is 0 Å². The molecule has 1 aliphatic rings. The van der Waals surface area contributed by atoms with E-state index in [1.807, 2.05) is 43.3 Å². The van der Waals surface area contributed by atoms with E-state index in [-0.39, 0.29) is 11.9 Å². The smallest absolute Gasteiger partial charge is 0.319 e. The van der Waals surface area contributed by atoms with Crippen LogP contribution in [-0.2, 0) is 4.79 Å². The highest BCUT2D eigenvalue weighted by Gasteiger charge is 2.31. The number of para-hydroxylation sites is 2. The molecule has 1 aliphatic heterocycles. The van der Waals surface area contributed by atoms with Crippen molar-refractivity contribution in [3.05, 3.63) is 70.9 Å². The summed E-state index contributed by atoms with van der Waals surface area (Å²) in [6.45, 7) is 3.69. The molecule has 1 heterocycles. The predicted octanol–water partition coefficient (Wildman–Crippen LogP) is 3.27. The van der Waals surface area contributed by atoms with Gasteiger partial charge in [0.2, 0.25) is 0 Å². The first-order valence-electron chi connectivity index (χ1n) is 8.29. The molecule has 6 nitrogen and oxygen atoms in total. The summed E-state index contributed by atoms with van der Waals surface area (Å²) < 4.78 is 5.29. The molecule has 3 N–H and O–H groups in total. The Hall–Kier alpha value is -3.28. The molecule has 0 spiro atoms. The Balaban J connectivity index is 1.97. The molecule has 3 amide bonds. The van der Waals surface area contributed by atoms with Crippen LogP contribution < -0.4 is 20.7 Å². The van der Waals surface area contributed by atoms with E-state index in [0.717, 1.165) is 11.1 Å². The van der Waals surface area contributed by atoms with Gasteiger partial charge in [-0.15, -0.1) is 0 Å². The number of benzene rings is 2. The van der Waals surface area contributed by atoms with E-state index in [2.05, 4.69) is 16.0 Å². The number of carbonyl (C=O) groups excluding carboxylic acids is 2. The molecule has 2 aromatic carbocycles. The second kappa shape index (κ2) is 7.31. The van der Waals surface area contributed by atoms with Crippen LogP contribution in [0.4, 0.5) is 10.5 Å². The molecule has 6 heteroatoms. The summed E-state index contributed by atoms with van der Waals surface area (Å²) in [5.74, 6) is 0.269. The maximum absolute atomic E-state index is 13.0. The Labute approximate surface area is 152 Å². The summed E-state index contributed by atoms with van der Waals surface area (Å²) >= 11 is 0. The van der Waals surface area contributed by atoms with E-state index in [9.17, 15) is 9.59 Å². The number of ether oxygens (including phenoxy) is 1. The lowest BCUT2D eigenvalue weighted by molar-refractivity contribution is -0.113. The second-order valence-electron chi connectivity index (χ2n) is 6.14. The third-order valence-corrected chi connectivity index (χ3v) is 4.24. The van der Waals surface area contributed by atoms with Crippen molar-refractivity contribution in [2.24, 2.45) is 0 Å². The fourth-order valence-electron chi connectivity index (χ4n) is 3.03. The summed E-state index contributed by atoms with van der Waals surface area (Å²) in [7, 11) is 1.55. The maximum Gasteiger partial charge on any atom is 0.319 e. The lowest BCUT2D eigenvalue weighted by Crippen LogP contribution is -2.46. The maximum atomic E-state index is 13.0. The van der Waals surface area contributed by atoms with Crippen LogP contribution in [0.1, 0.15) is 24.1 Å². The van der Waals surface area contributed by atoms with Crippen LogP contribution in [-0.4, -0.2) is 19.0 Å². The summed E-state index contributed by atoms with van der Waals surface area (Å²) in [5.41, 5.74) is 3.45. The van der Waals surface area contributed by atoms with Crippen molar-refractivity contribution in [2.75, 3.05) is 12.4 Å². The zero-order valence-corrected chi connectivity index (χ0v) is 14.9. The minimum Gasteiger partial charge on any atom is -0.495 e. The van der Waals surface area contributed by atoms with Gasteiger partial charge in [0.05, 0.1) is 24.4 Å². The van der Waals surface area contributed by atoms with Crippen LogP contribution in [0.5, 0.6) is 5.75 Å². The number of amides is 3. The molecule has 3 rings (SSSR count). The number of hydrogen-bond donors (Lipinski definition) is 3. The normalized spacial score (nSPS) is 16.6. The predicted molar refractivity (Wildman–Crippen MR) is 99.9 cm³/mol. The molecule has 0 saturated heterocycles. The minimum absolute atomic E-state index is 0.300. The molecule has 0 aliphatic carbocycles. The number of rotatable bonds is 4. The molecule has 0 fully saturated rings. The van der Waals surface area contributed by atoms with Gasteiger partial charge in [-0.2, -0.15) is 0 Å². The van der Waals surface area contributed by atoms with E-state index >= 15 is 0 Å². The van der Waals surface area contributed by atoms with Crippen molar-refractivity contribution in [2.45, 2.75) is 19.9 Å². The van der Waals surface area contributed by atoms with Gasteiger partial charge < -0.3 is 20.7 Å². The standard InChI is InChI=1S/C20H21N3O3/c1-12-7-6-8-14(11-12)18-17(13(2)21-20(25)23-18)19(24)22-15-9-4-5-10-16(15)26-3/h4-11,18H,1-3H3,(H,22,24)(H2,21,23,25). The van der Waals surface area contributed by atoms with Crippen molar-refractivity contribution in [3.8, 4) is 5.75 Å². The molecule has 26 heavy (non-hydrogen) atoms. The molecule has 0 radical (unpaired) electrons. The lowest BCUT2D eigenvalue weighted by atomic mass is 9.94. The first-order chi connectivity index (χ1) is 12.5. The average molecular weight is 351 g/mol.